The molecule has 1 heterocycles. The quantitative estimate of drug-likeness (QED) is 0.709. The Labute approximate surface area is 114 Å². The van der Waals surface area contributed by atoms with Crippen LogP contribution in [0.2, 0.25) is 0 Å². The number of hydrogen-bond acceptors (Lipinski definition) is 5. The van der Waals surface area contributed by atoms with Crippen LogP contribution in [0.5, 0.6) is 0 Å². The molecule has 0 bridgehead atoms. The Kier molecular flexibility index (Phi) is 5.45. The second-order valence-corrected chi connectivity index (χ2v) is 7.01. The Balaban J connectivity index is 2.47. The van der Waals surface area contributed by atoms with Crippen molar-refractivity contribution in [1.29, 1.82) is 0 Å². The Morgan fingerprint density at radius 3 is 2.68 bits per heavy atom. The summed E-state index contributed by atoms with van der Waals surface area (Å²) < 4.78 is 26.9. The van der Waals surface area contributed by atoms with E-state index < -0.39 is 15.6 Å². The zero-order chi connectivity index (χ0) is 14.5. The maximum atomic E-state index is 11.2. The third-order valence-corrected chi connectivity index (χ3v) is 3.37. The van der Waals surface area contributed by atoms with Gasteiger partial charge in [-0.2, -0.15) is 5.10 Å². The minimum absolute atomic E-state index is 0.513. The van der Waals surface area contributed by atoms with Crippen molar-refractivity contribution in [2.45, 2.75) is 45.8 Å². The molecular formula is C11H23N5O2S. The van der Waals surface area contributed by atoms with Gasteiger partial charge in [-0.3, -0.25) is 0 Å². The van der Waals surface area contributed by atoms with Crippen LogP contribution < -0.4 is 10.0 Å². The summed E-state index contributed by atoms with van der Waals surface area (Å²) in [6.45, 7) is 7.66. The smallest absolute Gasteiger partial charge is 0.209 e. The molecule has 8 heteroatoms. The van der Waals surface area contributed by atoms with Crippen molar-refractivity contribution < 1.29 is 8.42 Å². The van der Waals surface area contributed by atoms with E-state index >= 15 is 0 Å². The lowest BCUT2D eigenvalue weighted by Gasteiger charge is -2.25. The lowest BCUT2D eigenvalue weighted by atomic mass is 10.1. The second kappa shape index (κ2) is 6.44. The summed E-state index contributed by atoms with van der Waals surface area (Å²) in [5.41, 5.74) is -0.539. The molecule has 0 aliphatic carbocycles. The van der Waals surface area contributed by atoms with E-state index in [0.717, 1.165) is 25.0 Å². The molecule has 7 nitrogen and oxygen atoms in total. The molecule has 0 spiro atoms. The molecule has 0 fully saturated rings. The van der Waals surface area contributed by atoms with Crippen LogP contribution in [0.1, 0.15) is 33.0 Å². The molecule has 0 radical (unpaired) electrons. The zero-order valence-electron chi connectivity index (χ0n) is 12.0. The predicted molar refractivity (Wildman–Crippen MR) is 74.1 cm³/mol. The first-order valence-electron chi connectivity index (χ1n) is 6.30. The van der Waals surface area contributed by atoms with Gasteiger partial charge in [0.25, 0.3) is 0 Å². The number of nitrogens with one attached hydrogen (secondary N) is 2. The molecule has 1 aromatic heterocycles. The molecule has 0 saturated heterocycles. The molecule has 110 valence electrons. The van der Waals surface area contributed by atoms with Gasteiger partial charge in [-0.1, -0.05) is 6.92 Å². The van der Waals surface area contributed by atoms with Crippen molar-refractivity contribution in [2.24, 2.45) is 0 Å². The third kappa shape index (κ3) is 6.13. The van der Waals surface area contributed by atoms with E-state index in [4.69, 9.17) is 0 Å². The molecule has 0 unspecified atom stereocenters. The average Bonchev–Trinajstić information content (AvgIpc) is 2.62. The third-order valence-electron chi connectivity index (χ3n) is 2.44. The van der Waals surface area contributed by atoms with E-state index in [1.165, 1.54) is 6.33 Å². The topological polar surface area (TPSA) is 88.9 Å². The van der Waals surface area contributed by atoms with Gasteiger partial charge < -0.3 is 5.32 Å². The summed E-state index contributed by atoms with van der Waals surface area (Å²) in [4.78, 5) is 4.18. The Bertz CT molecular complexity index is 495. The highest BCUT2D eigenvalue weighted by Gasteiger charge is 2.21. The fourth-order valence-corrected chi connectivity index (χ4v) is 2.92. The highest BCUT2D eigenvalue weighted by molar-refractivity contribution is 7.88. The molecule has 19 heavy (non-hydrogen) atoms. The molecule has 0 saturated carbocycles. The van der Waals surface area contributed by atoms with E-state index in [-0.39, 0.29) is 0 Å². The molecule has 0 aromatic carbocycles. The van der Waals surface area contributed by atoms with Gasteiger partial charge in [-0.25, -0.2) is 22.8 Å². The van der Waals surface area contributed by atoms with Crippen LogP contribution in [0, 0.1) is 0 Å². The lowest BCUT2D eigenvalue weighted by Crippen LogP contribution is -2.49. The summed E-state index contributed by atoms with van der Waals surface area (Å²) in [7, 11) is -3.21. The van der Waals surface area contributed by atoms with E-state index in [2.05, 4.69) is 27.0 Å². The monoisotopic (exact) mass is 289 g/mol. The number of sulfonamides is 1. The van der Waals surface area contributed by atoms with E-state index in [9.17, 15) is 8.42 Å². The van der Waals surface area contributed by atoms with Crippen LogP contribution in [-0.2, 0) is 23.1 Å². The van der Waals surface area contributed by atoms with Gasteiger partial charge in [0.15, 0.2) is 0 Å². The fourth-order valence-electron chi connectivity index (χ4n) is 1.85. The molecule has 0 aliphatic heterocycles. The largest absolute Gasteiger partial charge is 0.308 e. The predicted octanol–water partition coefficient (Wildman–Crippen LogP) is 0.106. The number of aryl methyl sites for hydroxylation is 1. The Morgan fingerprint density at radius 2 is 2.11 bits per heavy atom. The molecule has 0 atom stereocenters. The SMILES string of the molecule is CCCn1ncnc1CNCC(C)(C)NS(C)(=O)=O. The van der Waals surface area contributed by atoms with Gasteiger partial charge in [-0.15, -0.1) is 0 Å². The van der Waals surface area contributed by atoms with Gasteiger partial charge in [0.1, 0.15) is 12.2 Å². The van der Waals surface area contributed by atoms with E-state index in [0.29, 0.717) is 13.1 Å². The van der Waals surface area contributed by atoms with Crippen molar-refractivity contribution in [3.05, 3.63) is 12.2 Å². The first-order valence-corrected chi connectivity index (χ1v) is 8.19. The van der Waals surface area contributed by atoms with Crippen LogP contribution in [0.25, 0.3) is 0 Å². The Morgan fingerprint density at radius 1 is 1.42 bits per heavy atom. The first kappa shape index (κ1) is 16.1. The summed E-state index contributed by atoms with van der Waals surface area (Å²) in [6.07, 6.45) is 3.69. The molecule has 0 aliphatic rings. The molecule has 2 N–H and O–H groups in total. The minimum Gasteiger partial charge on any atom is -0.308 e. The first-order chi connectivity index (χ1) is 8.73. The van der Waals surface area contributed by atoms with Crippen LogP contribution in [0.3, 0.4) is 0 Å². The summed E-state index contributed by atoms with van der Waals surface area (Å²) >= 11 is 0. The molecular weight excluding hydrogens is 266 g/mol. The van der Waals surface area contributed by atoms with Gasteiger partial charge in [-0.05, 0) is 20.3 Å². The van der Waals surface area contributed by atoms with Gasteiger partial charge in [0.2, 0.25) is 10.0 Å². The van der Waals surface area contributed by atoms with Crippen LogP contribution in [0.15, 0.2) is 6.33 Å². The average molecular weight is 289 g/mol. The molecule has 1 aromatic rings. The van der Waals surface area contributed by atoms with Crippen molar-refractivity contribution in [3.8, 4) is 0 Å². The number of aromatic nitrogens is 3. The molecule has 1 rings (SSSR count). The van der Waals surface area contributed by atoms with Gasteiger partial charge >= 0.3 is 0 Å². The van der Waals surface area contributed by atoms with Gasteiger partial charge in [0, 0.05) is 18.6 Å². The van der Waals surface area contributed by atoms with Crippen molar-refractivity contribution in [3.63, 3.8) is 0 Å². The fraction of sp³-hybridized carbons (Fsp3) is 0.818. The minimum atomic E-state index is -3.21. The summed E-state index contributed by atoms with van der Waals surface area (Å²) in [6, 6.07) is 0. The summed E-state index contributed by atoms with van der Waals surface area (Å²) in [5.74, 6) is 0.858. The maximum Gasteiger partial charge on any atom is 0.209 e. The van der Waals surface area contributed by atoms with Crippen molar-refractivity contribution in [1.82, 2.24) is 24.8 Å². The van der Waals surface area contributed by atoms with Crippen LogP contribution in [-0.4, -0.2) is 41.5 Å². The van der Waals surface area contributed by atoms with Crippen molar-refractivity contribution >= 4 is 10.0 Å². The highest BCUT2D eigenvalue weighted by atomic mass is 32.2. The lowest BCUT2D eigenvalue weighted by molar-refractivity contribution is 0.413. The summed E-state index contributed by atoms with van der Waals surface area (Å²) in [5, 5.41) is 7.33. The van der Waals surface area contributed by atoms with E-state index in [1.807, 2.05) is 18.5 Å². The Hall–Kier alpha value is -0.990. The molecule has 0 amide bonds. The number of rotatable bonds is 8. The standard InChI is InChI=1S/C11H23N5O2S/c1-5-6-16-10(13-9-14-16)7-12-8-11(2,3)15-19(4,17)18/h9,12,15H,5-8H2,1-4H3. The second-order valence-electron chi connectivity index (χ2n) is 5.26. The van der Waals surface area contributed by atoms with Crippen LogP contribution >= 0.6 is 0 Å². The normalized spacial score (nSPS) is 12.8. The van der Waals surface area contributed by atoms with Crippen LogP contribution in [0.4, 0.5) is 0 Å². The number of hydrogen-bond donors (Lipinski definition) is 2. The zero-order valence-corrected chi connectivity index (χ0v) is 12.8. The van der Waals surface area contributed by atoms with Gasteiger partial charge in [0.05, 0.1) is 12.8 Å². The highest BCUT2D eigenvalue weighted by Crippen LogP contribution is 2.03. The van der Waals surface area contributed by atoms with Crippen molar-refractivity contribution in [2.75, 3.05) is 12.8 Å². The number of nitrogens with zero attached hydrogens (tertiary/aromatic N) is 3. The van der Waals surface area contributed by atoms with E-state index in [1.54, 1.807) is 0 Å². The maximum absolute atomic E-state index is 11.2.